The average Bonchev–Trinajstić information content (AvgIpc) is 2.99. The van der Waals surface area contributed by atoms with Crippen molar-refractivity contribution in [2.24, 2.45) is 0 Å². The van der Waals surface area contributed by atoms with Gasteiger partial charge in [-0.3, -0.25) is 4.79 Å². The third-order valence-corrected chi connectivity index (χ3v) is 6.56. The summed E-state index contributed by atoms with van der Waals surface area (Å²) in [7, 11) is -2.22. The molecule has 0 bridgehead atoms. The Balaban J connectivity index is 1.80. The molecule has 2 aromatic rings. The van der Waals surface area contributed by atoms with Crippen molar-refractivity contribution in [3.05, 3.63) is 46.8 Å². The van der Waals surface area contributed by atoms with Gasteiger partial charge in [-0.2, -0.15) is 4.31 Å². The fourth-order valence-corrected chi connectivity index (χ4v) is 4.21. The van der Waals surface area contributed by atoms with Gasteiger partial charge in [-0.15, -0.1) is 0 Å². The van der Waals surface area contributed by atoms with E-state index in [9.17, 15) is 13.2 Å². The number of aromatic nitrogens is 1. The van der Waals surface area contributed by atoms with Crippen LogP contribution in [0.4, 0.5) is 0 Å². The smallest absolute Gasteiger partial charge is 0.248 e. The Labute approximate surface area is 160 Å². The van der Waals surface area contributed by atoms with Gasteiger partial charge in [0.25, 0.3) is 0 Å². The summed E-state index contributed by atoms with van der Waals surface area (Å²) in [4.78, 5) is 12.1. The Morgan fingerprint density at radius 3 is 2.37 bits per heavy atom. The molecule has 0 fully saturated rings. The number of nitrogens with one attached hydrogen (secondary N) is 1. The summed E-state index contributed by atoms with van der Waals surface area (Å²) in [5, 5.41) is 6.46. The molecule has 0 radical (unpaired) electrons. The molecule has 1 heterocycles. The van der Waals surface area contributed by atoms with Crippen LogP contribution < -0.4 is 5.32 Å². The number of rotatable bonds is 9. The largest absolute Gasteiger partial charge is 0.360 e. The third-order valence-electron chi connectivity index (χ3n) is 4.46. The molecular weight excluding hydrogens is 366 g/mol. The average molecular weight is 394 g/mol. The molecule has 0 aliphatic rings. The Hall–Kier alpha value is -2.19. The summed E-state index contributed by atoms with van der Waals surface area (Å²) in [6, 6.07) is 8.22. The van der Waals surface area contributed by atoms with Crippen LogP contribution in [0.2, 0.25) is 0 Å². The maximum absolute atomic E-state index is 12.6. The Kier molecular flexibility index (Phi) is 7.15. The van der Waals surface area contributed by atoms with E-state index < -0.39 is 10.0 Å². The van der Waals surface area contributed by atoms with Crippen LogP contribution >= 0.6 is 0 Å². The summed E-state index contributed by atoms with van der Waals surface area (Å²) in [6.07, 6.45) is 2.01. The van der Waals surface area contributed by atoms with Crippen LogP contribution in [0.15, 0.2) is 33.7 Å². The van der Waals surface area contributed by atoms with E-state index in [0.717, 1.165) is 12.0 Å². The van der Waals surface area contributed by atoms with Crippen molar-refractivity contribution in [3.63, 3.8) is 0 Å². The second-order valence-electron chi connectivity index (χ2n) is 6.50. The van der Waals surface area contributed by atoms with Crippen molar-refractivity contribution in [2.45, 2.75) is 44.9 Å². The molecule has 7 nitrogen and oxygen atoms in total. The molecule has 0 atom stereocenters. The van der Waals surface area contributed by atoms with Gasteiger partial charge in [0.1, 0.15) is 10.6 Å². The molecule has 0 saturated heterocycles. The highest BCUT2D eigenvalue weighted by Gasteiger charge is 2.28. The minimum absolute atomic E-state index is 0.0897. The lowest BCUT2D eigenvalue weighted by molar-refractivity contribution is -0.121. The van der Waals surface area contributed by atoms with Crippen molar-refractivity contribution < 1.29 is 17.7 Å². The van der Waals surface area contributed by atoms with Gasteiger partial charge in [0.15, 0.2) is 5.76 Å². The molecule has 8 heteroatoms. The second-order valence-corrected chi connectivity index (χ2v) is 8.48. The first kappa shape index (κ1) is 21.1. The number of hydrogen-bond acceptors (Lipinski definition) is 5. The number of likely N-dealkylation sites (N-methyl/N-ethyl adjacent to an activating group) is 1. The second kappa shape index (κ2) is 9.14. The Morgan fingerprint density at radius 2 is 1.81 bits per heavy atom. The maximum Gasteiger partial charge on any atom is 0.248 e. The van der Waals surface area contributed by atoms with Crippen LogP contribution in [0.5, 0.6) is 0 Å². The fraction of sp³-hybridized carbons (Fsp3) is 0.474. The molecule has 0 aliphatic carbocycles. The molecule has 2 rings (SSSR count). The van der Waals surface area contributed by atoms with Gasteiger partial charge in [0, 0.05) is 26.6 Å². The summed E-state index contributed by atoms with van der Waals surface area (Å²) in [5.74, 6) is 0.162. The van der Waals surface area contributed by atoms with Crippen LogP contribution in [0.25, 0.3) is 0 Å². The Bertz CT molecular complexity index is 853. The van der Waals surface area contributed by atoms with E-state index in [2.05, 4.69) is 29.5 Å². The van der Waals surface area contributed by atoms with Gasteiger partial charge in [-0.25, -0.2) is 8.42 Å². The third kappa shape index (κ3) is 5.40. The lowest BCUT2D eigenvalue weighted by Crippen LogP contribution is -2.36. The first-order valence-corrected chi connectivity index (χ1v) is 10.4. The van der Waals surface area contributed by atoms with Crippen molar-refractivity contribution in [1.82, 2.24) is 14.8 Å². The van der Waals surface area contributed by atoms with Gasteiger partial charge in [-0.05, 0) is 37.8 Å². The molecule has 0 spiro atoms. The van der Waals surface area contributed by atoms with Crippen molar-refractivity contribution in [1.29, 1.82) is 0 Å². The highest BCUT2D eigenvalue weighted by atomic mass is 32.2. The van der Waals surface area contributed by atoms with Gasteiger partial charge in [0.05, 0.1) is 0 Å². The van der Waals surface area contributed by atoms with Gasteiger partial charge in [-0.1, -0.05) is 36.3 Å². The summed E-state index contributed by atoms with van der Waals surface area (Å²) in [6.45, 7) is 5.67. The first-order valence-electron chi connectivity index (χ1n) is 8.99. The standard InChI is InChI=1S/C19H27N3O4S/c1-5-16-6-8-17(9-7-16)10-11-18(23)20-12-13-22(4)27(24,25)19-14(2)21-26-15(19)3/h6-9H,5,10-13H2,1-4H3,(H,20,23). The zero-order valence-electron chi connectivity index (χ0n) is 16.3. The molecule has 0 aliphatic heterocycles. The molecule has 1 N–H and O–H groups in total. The zero-order valence-corrected chi connectivity index (χ0v) is 17.1. The number of aryl methyl sites for hydroxylation is 4. The monoisotopic (exact) mass is 393 g/mol. The quantitative estimate of drug-likeness (QED) is 0.705. The predicted molar refractivity (Wildman–Crippen MR) is 103 cm³/mol. The number of carbonyl (C=O) groups excluding carboxylic acids is 1. The Morgan fingerprint density at radius 1 is 1.19 bits per heavy atom. The first-order chi connectivity index (χ1) is 12.8. The van der Waals surface area contributed by atoms with E-state index in [1.54, 1.807) is 13.8 Å². The van der Waals surface area contributed by atoms with E-state index in [-0.39, 0.29) is 29.7 Å². The van der Waals surface area contributed by atoms with E-state index in [1.165, 1.54) is 16.9 Å². The summed E-state index contributed by atoms with van der Waals surface area (Å²) < 4.78 is 31.3. The topological polar surface area (TPSA) is 92.5 Å². The lowest BCUT2D eigenvalue weighted by atomic mass is 10.1. The van der Waals surface area contributed by atoms with Gasteiger partial charge >= 0.3 is 0 Å². The van der Waals surface area contributed by atoms with Crippen LogP contribution in [-0.4, -0.2) is 43.9 Å². The van der Waals surface area contributed by atoms with Crippen molar-refractivity contribution in [3.8, 4) is 0 Å². The van der Waals surface area contributed by atoms with Crippen LogP contribution in [-0.2, 0) is 27.7 Å². The van der Waals surface area contributed by atoms with E-state index in [0.29, 0.717) is 18.5 Å². The van der Waals surface area contributed by atoms with Crippen LogP contribution in [0.1, 0.15) is 35.9 Å². The van der Waals surface area contributed by atoms with Crippen molar-refractivity contribution >= 4 is 15.9 Å². The zero-order chi connectivity index (χ0) is 20.0. The molecule has 0 unspecified atom stereocenters. The summed E-state index contributed by atoms with van der Waals surface area (Å²) >= 11 is 0. The molecule has 1 aromatic carbocycles. The SMILES string of the molecule is CCc1ccc(CCC(=O)NCCN(C)S(=O)(=O)c2c(C)noc2C)cc1. The number of hydrogen-bond donors (Lipinski definition) is 1. The lowest BCUT2D eigenvalue weighted by Gasteiger charge is -2.17. The fourth-order valence-electron chi connectivity index (χ4n) is 2.76. The minimum Gasteiger partial charge on any atom is -0.360 e. The number of carbonyl (C=O) groups is 1. The molecular formula is C19H27N3O4S. The van der Waals surface area contributed by atoms with Crippen LogP contribution in [0, 0.1) is 13.8 Å². The normalized spacial score (nSPS) is 11.7. The molecule has 0 saturated carbocycles. The number of benzene rings is 1. The van der Waals surface area contributed by atoms with E-state index in [4.69, 9.17) is 4.52 Å². The molecule has 1 amide bonds. The molecule has 148 valence electrons. The van der Waals surface area contributed by atoms with Gasteiger partial charge < -0.3 is 9.84 Å². The summed E-state index contributed by atoms with van der Waals surface area (Å²) in [5.41, 5.74) is 2.71. The molecule has 1 aromatic heterocycles. The molecule has 27 heavy (non-hydrogen) atoms. The minimum atomic E-state index is -3.69. The maximum atomic E-state index is 12.6. The highest BCUT2D eigenvalue weighted by molar-refractivity contribution is 7.89. The van der Waals surface area contributed by atoms with Gasteiger partial charge in [0.2, 0.25) is 15.9 Å². The van der Waals surface area contributed by atoms with E-state index >= 15 is 0 Å². The number of sulfonamides is 1. The van der Waals surface area contributed by atoms with Crippen molar-refractivity contribution in [2.75, 3.05) is 20.1 Å². The van der Waals surface area contributed by atoms with E-state index in [1.807, 2.05) is 12.1 Å². The highest BCUT2D eigenvalue weighted by Crippen LogP contribution is 2.21. The number of amides is 1. The number of nitrogens with zero attached hydrogens (tertiary/aromatic N) is 2. The predicted octanol–water partition coefficient (Wildman–Crippen LogP) is 2.22. The van der Waals surface area contributed by atoms with Crippen LogP contribution in [0.3, 0.4) is 0 Å².